The fourth-order valence-electron chi connectivity index (χ4n) is 1.92. The summed E-state index contributed by atoms with van der Waals surface area (Å²) in [5.74, 6) is 0.716. The molecule has 0 aromatic heterocycles. The van der Waals surface area contributed by atoms with Gasteiger partial charge in [0.2, 0.25) is 5.91 Å². The summed E-state index contributed by atoms with van der Waals surface area (Å²) in [7, 11) is 0. The van der Waals surface area contributed by atoms with Crippen LogP contribution in [0.15, 0.2) is 0 Å². The molecule has 1 saturated heterocycles. The molecule has 3 heteroatoms. The second-order valence-corrected chi connectivity index (χ2v) is 4.91. The Labute approximate surface area is 93.2 Å². The van der Waals surface area contributed by atoms with Gasteiger partial charge in [-0.25, -0.2) is 0 Å². The molecule has 0 spiro atoms. The molecule has 88 valence electrons. The molecule has 15 heavy (non-hydrogen) atoms. The van der Waals surface area contributed by atoms with Gasteiger partial charge in [-0.3, -0.25) is 9.69 Å². The third-order valence-corrected chi connectivity index (χ3v) is 3.00. The highest BCUT2D eigenvalue weighted by molar-refractivity contribution is 5.81. The third-order valence-electron chi connectivity index (χ3n) is 3.00. The first-order chi connectivity index (χ1) is 7.11. The van der Waals surface area contributed by atoms with Crippen LogP contribution in [-0.2, 0) is 4.79 Å². The van der Waals surface area contributed by atoms with Gasteiger partial charge in [0.1, 0.15) is 0 Å². The predicted octanol–water partition coefficient (Wildman–Crippen LogP) is 1.63. The van der Waals surface area contributed by atoms with Gasteiger partial charge in [-0.1, -0.05) is 20.3 Å². The fraction of sp³-hybridized carbons (Fsp3) is 0.917. The number of nitrogens with zero attached hydrogens (tertiary/aromatic N) is 1. The summed E-state index contributed by atoms with van der Waals surface area (Å²) in [5.41, 5.74) is 0. The van der Waals surface area contributed by atoms with E-state index in [0.29, 0.717) is 5.92 Å². The second kappa shape index (κ2) is 6.11. The Morgan fingerprint density at radius 3 is 2.33 bits per heavy atom. The molecule has 1 heterocycles. The molecule has 1 atom stereocenters. The minimum Gasteiger partial charge on any atom is -0.354 e. The Morgan fingerprint density at radius 1 is 1.20 bits per heavy atom. The van der Waals surface area contributed by atoms with E-state index in [9.17, 15) is 4.79 Å². The first-order valence-corrected chi connectivity index (χ1v) is 6.13. The molecule has 1 amide bonds. The van der Waals surface area contributed by atoms with Gasteiger partial charge in [-0.2, -0.15) is 0 Å². The summed E-state index contributed by atoms with van der Waals surface area (Å²) in [5, 5.41) is 3.00. The number of hydrogen-bond donors (Lipinski definition) is 1. The first kappa shape index (κ1) is 12.5. The summed E-state index contributed by atoms with van der Waals surface area (Å²) in [4.78, 5) is 14.1. The number of piperidine rings is 1. The molecule has 0 aromatic rings. The van der Waals surface area contributed by atoms with Crippen LogP contribution >= 0.6 is 0 Å². The average Bonchev–Trinajstić information content (AvgIpc) is 2.26. The lowest BCUT2D eigenvalue weighted by Gasteiger charge is -2.31. The Bertz CT molecular complexity index is 198. The number of rotatable bonds is 4. The molecule has 1 N–H and O–H groups in total. The topological polar surface area (TPSA) is 32.3 Å². The largest absolute Gasteiger partial charge is 0.354 e. The average molecular weight is 212 g/mol. The van der Waals surface area contributed by atoms with Crippen molar-refractivity contribution in [2.24, 2.45) is 5.92 Å². The van der Waals surface area contributed by atoms with Gasteiger partial charge in [0.25, 0.3) is 0 Å². The molecule has 0 saturated carbocycles. The maximum absolute atomic E-state index is 11.8. The quantitative estimate of drug-likeness (QED) is 0.768. The fourth-order valence-corrected chi connectivity index (χ4v) is 1.92. The van der Waals surface area contributed by atoms with Crippen molar-refractivity contribution in [3.05, 3.63) is 0 Å². The molecule has 3 nitrogen and oxygen atoms in total. The third kappa shape index (κ3) is 4.20. The molecule has 0 bridgehead atoms. The lowest BCUT2D eigenvalue weighted by Crippen LogP contribution is -2.47. The van der Waals surface area contributed by atoms with Crippen molar-refractivity contribution in [1.29, 1.82) is 0 Å². The molecule has 0 radical (unpaired) electrons. The first-order valence-electron chi connectivity index (χ1n) is 6.13. The van der Waals surface area contributed by atoms with Crippen LogP contribution in [-0.4, -0.2) is 36.5 Å². The molecular weight excluding hydrogens is 188 g/mol. The minimum atomic E-state index is 0.0454. The lowest BCUT2D eigenvalue weighted by molar-refractivity contribution is -0.126. The van der Waals surface area contributed by atoms with Gasteiger partial charge in [0.05, 0.1) is 6.04 Å². The number of carbonyl (C=O) groups excluding carboxylic acids is 1. The van der Waals surface area contributed by atoms with E-state index in [0.717, 1.165) is 19.6 Å². The van der Waals surface area contributed by atoms with E-state index >= 15 is 0 Å². The summed E-state index contributed by atoms with van der Waals surface area (Å²) in [6.07, 6.45) is 3.79. The van der Waals surface area contributed by atoms with Gasteiger partial charge >= 0.3 is 0 Å². The highest BCUT2D eigenvalue weighted by atomic mass is 16.2. The molecule has 1 aliphatic rings. The van der Waals surface area contributed by atoms with E-state index in [4.69, 9.17) is 0 Å². The van der Waals surface area contributed by atoms with Crippen molar-refractivity contribution in [1.82, 2.24) is 10.2 Å². The van der Waals surface area contributed by atoms with Crippen LogP contribution < -0.4 is 5.32 Å². The Balaban J connectivity index is 2.30. The zero-order chi connectivity index (χ0) is 11.3. The van der Waals surface area contributed by atoms with Crippen LogP contribution in [0.2, 0.25) is 0 Å². The smallest absolute Gasteiger partial charge is 0.237 e. The second-order valence-electron chi connectivity index (χ2n) is 4.91. The van der Waals surface area contributed by atoms with Gasteiger partial charge in [-0.05, 0) is 38.8 Å². The standard InChI is InChI=1S/C12H24N2O/c1-10(2)9-13-12(15)11(3)14-7-5-4-6-8-14/h10-11H,4-9H2,1-3H3,(H,13,15). The van der Waals surface area contributed by atoms with Crippen molar-refractivity contribution >= 4 is 5.91 Å². The highest BCUT2D eigenvalue weighted by Crippen LogP contribution is 2.11. The Morgan fingerprint density at radius 2 is 1.80 bits per heavy atom. The van der Waals surface area contributed by atoms with Gasteiger partial charge < -0.3 is 5.32 Å². The summed E-state index contributed by atoms with van der Waals surface area (Å²) >= 11 is 0. The van der Waals surface area contributed by atoms with E-state index in [1.165, 1.54) is 19.3 Å². The Kier molecular flexibility index (Phi) is 5.09. The molecule has 1 aliphatic heterocycles. The number of amides is 1. The van der Waals surface area contributed by atoms with Crippen LogP contribution in [0.25, 0.3) is 0 Å². The number of nitrogens with one attached hydrogen (secondary N) is 1. The summed E-state index contributed by atoms with van der Waals surface area (Å²) in [6, 6.07) is 0.0454. The number of carbonyl (C=O) groups is 1. The van der Waals surface area contributed by atoms with Crippen LogP contribution in [0.3, 0.4) is 0 Å². The van der Waals surface area contributed by atoms with E-state index in [-0.39, 0.29) is 11.9 Å². The zero-order valence-electron chi connectivity index (χ0n) is 10.3. The van der Waals surface area contributed by atoms with Crippen LogP contribution in [0, 0.1) is 5.92 Å². The number of likely N-dealkylation sites (tertiary alicyclic amines) is 1. The number of hydrogen-bond acceptors (Lipinski definition) is 2. The van der Waals surface area contributed by atoms with Gasteiger partial charge in [-0.15, -0.1) is 0 Å². The monoisotopic (exact) mass is 212 g/mol. The molecule has 1 fully saturated rings. The molecule has 0 aromatic carbocycles. The summed E-state index contributed by atoms with van der Waals surface area (Å²) < 4.78 is 0. The van der Waals surface area contributed by atoms with E-state index in [2.05, 4.69) is 24.1 Å². The molecular formula is C12H24N2O. The van der Waals surface area contributed by atoms with Crippen molar-refractivity contribution in [2.45, 2.75) is 46.1 Å². The highest BCUT2D eigenvalue weighted by Gasteiger charge is 2.22. The SMILES string of the molecule is CC(C)CNC(=O)C(C)N1CCCCC1. The zero-order valence-corrected chi connectivity index (χ0v) is 10.3. The minimum absolute atomic E-state index is 0.0454. The molecule has 0 aliphatic carbocycles. The van der Waals surface area contributed by atoms with Crippen molar-refractivity contribution in [3.63, 3.8) is 0 Å². The maximum atomic E-state index is 11.8. The molecule has 1 unspecified atom stereocenters. The Hall–Kier alpha value is -0.570. The van der Waals surface area contributed by atoms with Gasteiger partial charge in [0, 0.05) is 6.54 Å². The van der Waals surface area contributed by atoms with Crippen LogP contribution in [0.5, 0.6) is 0 Å². The maximum Gasteiger partial charge on any atom is 0.237 e. The predicted molar refractivity (Wildman–Crippen MR) is 62.7 cm³/mol. The van der Waals surface area contributed by atoms with Gasteiger partial charge in [0.15, 0.2) is 0 Å². The molecule has 1 rings (SSSR count). The van der Waals surface area contributed by atoms with Crippen LogP contribution in [0.4, 0.5) is 0 Å². The van der Waals surface area contributed by atoms with Crippen molar-refractivity contribution < 1.29 is 4.79 Å². The van der Waals surface area contributed by atoms with E-state index in [1.807, 2.05) is 6.92 Å². The van der Waals surface area contributed by atoms with Crippen molar-refractivity contribution in [2.75, 3.05) is 19.6 Å². The van der Waals surface area contributed by atoms with E-state index < -0.39 is 0 Å². The van der Waals surface area contributed by atoms with E-state index in [1.54, 1.807) is 0 Å². The normalized spacial score (nSPS) is 20.3. The van der Waals surface area contributed by atoms with Crippen molar-refractivity contribution in [3.8, 4) is 0 Å². The van der Waals surface area contributed by atoms with Crippen LogP contribution in [0.1, 0.15) is 40.0 Å². The summed E-state index contributed by atoms with van der Waals surface area (Å²) in [6.45, 7) is 9.20. The lowest BCUT2D eigenvalue weighted by atomic mass is 10.1.